The number of nitrogens with one attached hydrogen (secondary N) is 1. The molecule has 1 aromatic carbocycles. The van der Waals surface area contributed by atoms with Gasteiger partial charge in [0.2, 0.25) is 0 Å². The van der Waals surface area contributed by atoms with E-state index in [1.54, 1.807) is 0 Å². The molecule has 0 aliphatic carbocycles. The van der Waals surface area contributed by atoms with Gasteiger partial charge in [-0.1, -0.05) is 17.3 Å². The zero-order valence-corrected chi connectivity index (χ0v) is 8.28. The van der Waals surface area contributed by atoms with Crippen molar-refractivity contribution >= 4 is 22.1 Å². The van der Waals surface area contributed by atoms with Gasteiger partial charge >= 0.3 is 0 Å². The van der Waals surface area contributed by atoms with Crippen molar-refractivity contribution < 1.29 is 8.94 Å². The lowest BCUT2D eigenvalue weighted by Gasteiger charge is -1.90. The third-order valence-electron chi connectivity index (χ3n) is 2.41. The Morgan fingerprint density at radius 2 is 2.20 bits per heavy atom. The van der Waals surface area contributed by atoms with Crippen LogP contribution in [-0.2, 0) is 6.54 Å². The van der Waals surface area contributed by atoms with Crippen molar-refractivity contribution in [3.63, 3.8) is 0 Å². The van der Waals surface area contributed by atoms with Crippen LogP contribution in [0, 0.1) is 0 Å². The van der Waals surface area contributed by atoms with Crippen LogP contribution in [0.5, 0.6) is 0 Å². The lowest BCUT2D eigenvalue weighted by atomic mass is 10.2. The van der Waals surface area contributed by atoms with E-state index in [0.29, 0.717) is 6.54 Å². The van der Waals surface area contributed by atoms with E-state index < -0.39 is 0 Å². The van der Waals surface area contributed by atoms with Gasteiger partial charge in [-0.25, -0.2) is 0 Å². The summed E-state index contributed by atoms with van der Waals surface area (Å²) >= 11 is 0. The molecule has 0 amide bonds. The number of para-hydroxylation sites is 1. The van der Waals surface area contributed by atoms with Gasteiger partial charge in [-0.15, -0.1) is 0 Å². The number of nitrogens with zero attached hydrogens (tertiary/aromatic N) is 1. The quantitative estimate of drug-likeness (QED) is 0.692. The molecule has 0 radical (unpaired) electrons. The topological polar surface area (TPSA) is 51.2 Å². The van der Waals surface area contributed by atoms with Crippen LogP contribution in [0.2, 0.25) is 0 Å². The Labute approximate surface area is 85.8 Å². The van der Waals surface area contributed by atoms with Gasteiger partial charge in [0.05, 0.1) is 11.9 Å². The first-order chi connectivity index (χ1) is 7.40. The summed E-state index contributed by atoms with van der Waals surface area (Å²) in [5.74, 6) is 0.740. The second-order valence-electron chi connectivity index (χ2n) is 3.41. The fourth-order valence-corrected chi connectivity index (χ4v) is 1.73. The summed E-state index contributed by atoms with van der Waals surface area (Å²) in [5, 5.41) is 8.03. The van der Waals surface area contributed by atoms with Crippen molar-refractivity contribution in [1.82, 2.24) is 10.5 Å². The number of furan rings is 1. The molecule has 2 heterocycles. The van der Waals surface area contributed by atoms with Crippen LogP contribution >= 0.6 is 0 Å². The molecule has 0 unspecified atom stereocenters. The first-order valence-electron chi connectivity index (χ1n) is 4.80. The van der Waals surface area contributed by atoms with E-state index in [1.807, 2.05) is 31.3 Å². The van der Waals surface area contributed by atoms with Crippen molar-refractivity contribution in [1.29, 1.82) is 0 Å². The van der Waals surface area contributed by atoms with Crippen molar-refractivity contribution in [2.75, 3.05) is 7.05 Å². The van der Waals surface area contributed by atoms with Crippen LogP contribution in [0.15, 0.2) is 33.2 Å². The van der Waals surface area contributed by atoms with E-state index in [2.05, 4.69) is 10.5 Å². The highest BCUT2D eigenvalue weighted by molar-refractivity contribution is 6.02. The molecule has 3 rings (SSSR count). The second kappa shape index (κ2) is 3.10. The Kier molecular flexibility index (Phi) is 1.76. The van der Waals surface area contributed by atoms with Gasteiger partial charge in [0, 0.05) is 0 Å². The third-order valence-corrected chi connectivity index (χ3v) is 2.41. The highest BCUT2D eigenvalue weighted by atomic mass is 16.5. The summed E-state index contributed by atoms with van der Waals surface area (Å²) in [7, 11) is 1.86. The van der Waals surface area contributed by atoms with E-state index in [-0.39, 0.29) is 0 Å². The van der Waals surface area contributed by atoms with E-state index in [0.717, 1.165) is 27.8 Å². The molecule has 1 N–H and O–H groups in total. The molecule has 0 fully saturated rings. The van der Waals surface area contributed by atoms with Crippen LogP contribution in [0.4, 0.5) is 0 Å². The van der Waals surface area contributed by atoms with Gasteiger partial charge < -0.3 is 14.3 Å². The zero-order chi connectivity index (χ0) is 10.3. The summed E-state index contributed by atoms with van der Waals surface area (Å²) in [5.41, 5.74) is 2.39. The van der Waals surface area contributed by atoms with Crippen molar-refractivity contribution in [3.8, 4) is 0 Å². The first-order valence-corrected chi connectivity index (χ1v) is 4.80. The highest BCUT2D eigenvalue weighted by Crippen LogP contribution is 2.29. The average molecular weight is 202 g/mol. The van der Waals surface area contributed by atoms with Crippen molar-refractivity contribution in [2.45, 2.75) is 6.54 Å². The summed E-state index contributed by atoms with van der Waals surface area (Å²) in [6.45, 7) is 0.621. The monoisotopic (exact) mass is 202 g/mol. The molecule has 0 atom stereocenters. The minimum absolute atomic E-state index is 0.621. The van der Waals surface area contributed by atoms with Gasteiger partial charge in [-0.3, -0.25) is 0 Å². The molecule has 0 spiro atoms. The van der Waals surface area contributed by atoms with Crippen LogP contribution < -0.4 is 5.32 Å². The smallest absolute Gasteiger partial charge is 0.199 e. The number of benzene rings is 1. The average Bonchev–Trinajstić information content (AvgIpc) is 2.79. The fraction of sp³-hybridized carbons (Fsp3) is 0.182. The fourth-order valence-electron chi connectivity index (χ4n) is 1.73. The summed E-state index contributed by atoms with van der Waals surface area (Å²) in [6.07, 6.45) is 0. The Morgan fingerprint density at radius 1 is 1.33 bits per heavy atom. The molecule has 0 aliphatic heterocycles. The molecule has 4 nitrogen and oxygen atoms in total. The van der Waals surface area contributed by atoms with E-state index in [1.165, 1.54) is 0 Å². The van der Waals surface area contributed by atoms with Crippen LogP contribution in [0.1, 0.15) is 5.76 Å². The largest absolute Gasteiger partial charge is 0.450 e. The summed E-state index contributed by atoms with van der Waals surface area (Å²) in [4.78, 5) is 0. The minimum atomic E-state index is 0.621. The summed E-state index contributed by atoms with van der Waals surface area (Å²) < 4.78 is 10.9. The minimum Gasteiger partial charge on any atom is -0.450 e. The maximum atomic E-state index is 5.68. The molecule has 2 aromatic heterocycles. The number of hydrogen-bond donors (Lipinski definition) is 1. The van der Waals surface area contributed by atoms with Gasteiger partial charge in [0.15, 0.2) is 16.9 Å². The van der Waals surface area contributed by atoms with E-state index in [9.17, 15) is 0 Å². The standard InChI is InChI=1S/C11H10N2O2/c1-12-6-9-11-10(13-15-9)7-4-2-3-5-8(7)14-11/h2-5,12H,6H2,1H3. The van der Waals surface area contributed by atoms with Crippen molar-refractivity contribution in [3.05, 3.63) is 30.0 Å². The number of fused-ring (bicyclic) bond motifs is 3. The molecule has 0 bridgehead atoms. The molecule has 0 saturated carbocycles. The third kappa shape index (κ3) is 1.15. The number of rotatable bonds is 2. The Morgan fingerprint density at radius 3 is 3.07 bits per heavy atom. The maximum Gasteiger partial charge on any atom is 0.199 e. The van der Waals surface area contributed by atoms with Gasteiger partial charge in [0.25, 0.3) is 0 Å². The molecular formula is C11H10N2O2. The second-order valence-corrected chi connectivity index (χ2v) is 3.41. The van der Waals surface area contributed by atoms with Crippen LogP contribution in [0.25, 0.3) is 22.1 Å². The molecule has 0 aliphatic rings. The highest BCUT2D eigenvalue weighted by Gasteiger charge is 2.15. The maximum absolute atomic E-state index is 5.68. The van der Waals surface area contributed by atoms with Crippen molar-refractivity contribution in [2.24, 2.45) is 0 Å². The Balaban J connectivity index is 2.35. The SMILES string of the molecule is CNCc1onc2c1oc1ccccc12. The van der Waals surface area contributed by atoms with E-state index >= 15 is 0 Å². The van der Waals surface area contributed by atoms with E-state index in [4.69, 9.17) is 8.94 Å². The van der Waals surface area contributed by atoms with Crippen LogP contribution in [0.3, 0.4) is 0 Å². The van der Waals surface area contributed by atoms with Gasteiger partial charge in [-0.2, -0.15) is 0 Å². The lowest BCUT2D eigenvalue weighted by molar-refractivity contribution is 0.381. The molecule has 76 valence electrons. The molecular weight excluding hydrogens is 192 g/mol. The zero-order valence-electron chi connectivity index (χ0n) is 8.28. The Hall–Kier alpha value is -1.81. The molecule has 4 heteroatoms. The number of hydrogen-bond acceptors (Lipinski definition) is 4. The Bertz CT molecular complexity index is 609. The molecule has 15 heavy (non-hydrogen) atoms. The van der Waals surface area contributed by atoms with Gasteiger partial charge in [0.1, 0.15) is 5.58 Å². The lowest BCUT2D eigenvalue weighted by Crippen LogP contribution is -2.03. The first kappa shape index (κ1) is 8.49. The normalized spacial score (nSPS) is 11.5. The predicted molar refractivity (Wildman–Crippen MR) is 56.5 cm³/mol. The van der Waals surface area contributed by atoms with Gasteiger partial charge in [-0.05, 0) is 19.2 Å². The molecule has 0 saturated heterocycles. The summed E-state index contributed by atoms with van der Waals surface area (Å²) in [6, 6.07) is 7.82. The van der Waals surface area contributed by atoms with Crippen LogP contribution in [-0.4, -0.2) is 12.2 Å². The number of aromatic nitrogens is 1. The predicted octanol–water partition coefficient (Wildman–Crippen LogP) is 2.29. The molecule has 3 aromatic rings.